The van der Waals surface area contributed by atoms with Crippen LogP contribution in [-0.2, 0) is 11.3 Å². The molecular weight excluding hydrogens is 219 g/mol. The lowest BCUT2D eigenvalue weighted by Gasteiger charge is -2.25. The number of benzene rings is 1. The molecule has 1 fully saturated rings. The summed E-state index contributed by atoms with van der Waals surface area (Å²) in [5.74, 6) is -0.246. The van der Waals surface area contributed by atoms with E-state index >= 15 is 0 Å². The van der Waals surface area contributed by atoms with Gasteiger partial charge in [-0.2, -0.15) is 5.26 Å². The lowest BCUT2D eigenvalue weighted by atomic mass is 10.1. The Morgan fingerprint density at radius 2 is 2.29 bits per heavy atom. The third-order valence-electron chi connectivity index (χ3n) is 2.89. The number of carbonyl (C=O) groups is 1. The van der Waals surface area contributed by atoms with E-state index in [4.69, 9.17) is 5.26 Å². The Labute approximate surface area is 99.5 Å². The van der Waals surface area contributed by atoms with Crippen LogP contribution >= 0.6 is 0 Å². The van der Waals surface area contributed by atoms with Crippen LogP contribution in [0.4, 0.5) is 4.39 Å². The Morgan fingerprint density at radius 3 is 3.00 bits per heavy atom. The molecule has 1 aliphatic rings. The summed E-state index contributed by atoms with van der Waals surface area (Å²) in [5.41, 5.74) is 0.934. The van der Waals surface area contributed by atoms with E-state index in [9.17, 15) is 9.18 Å². The van der Waals surface area contributed by atoms with Crippen molar-refractivity contribution >= 4 is 5.78 Å². The van der Waals surface area contributed by atoms with Crippen molar-refractivity contribution in [3.63, 3.8) is 0 Å². The lowest BCUT2D eigenvalue weighted by Crippen LogP contribution is -2.34. The number of nitriles is 1. The van der Waals surface area contributed by atoms with Crippen LogP contribution in [0.3, 0.4) is 0 Å². The minimum absolute atomic E-state index is 0.0610. The van der Waals surface area contributed by atoms with Gasteiger partial charge in [0.1, 0.15) is 17.7 Å². The number of Topliss-reactive ketones (excluding diaryl/α,β-unsaturated/α-hetero) is 1. The van der Waals surface area contributed by atoms with Crippen molar-refractivity contribution in [1.82, 2.24) is 4.90 Å². The highest BCUT2D eigenvalue weighted by atomic mass is 19.1. The largest absolute Gasteiger partial charge is 0.298 e. The van der Waals surface area contributed by atoms with Crippen molar-refractivity contribution in [3.05, 3.63) is 35.1 Å². The third kappa shape index (κ3) is 2.89. The maximum atomic E-state index is 13.1. The Kier molecular flexibility index (Phi) is 3.50. The first-order chi connectivity index (χ1) is 8.19. The molecule has 1 aromatic carbocycles. The van der Waals surface area contributed by atoms with Gasteiger partial charge < -0.3 is 0 Å². The first-order valence-electron chi connectivity index (χ1n) is 5.61. The van der Waals surface area contributed by atoms with Gasteiger partial charge in [0.15, 0.2) is 0 Å². The number of hydrogen-bond donors (Lipinski definition) is 0. The Hall–Kier alpha value is -1.73. The molecule has 3 nitrogen and oxygen atoms in total. The summed E-state index contributed by atoms with van der Waals surface area (Å²) in [5, 5.41) is 8.73. The van der Waals surface area contributed by atoms with Gasteiger partial charge >= 0.3 is 0 Å². The molecule has 0 aromatic heterocycles. The fourth-order valence-corrected chi connectivity index (χ4v) is 2.06. The third-order valence-corrected chi connectivity index (χ3v) is 2.89. The van der Waals surface area contributed by atoms with Gasteiger partial charge in [0, 0.05) is 13.0 Å². The number of nitrogens with zero attached hydrogens (tertiary/aromatic N) is 2. The molecule has 4 heteroatoms. The molecule has 88 valence electrons. The molecule has 1 saturated heterocycles. The number of carbonyl (C=O) groups excluding carboxylic acids is 1. The van der Waals surface area contributed by atoms with Crippen LogP contribution in [0, 0.1) is 17.1 Å². The monoisotopic (exact) mass is 232 g/mol. The van der Waals surface area contributed by atoms with E-state index in [1.807, 2.05) is 11.0 Å². The minimum Gasteiger partial charge on any atom is -0.298 e. The van der Waals surface area contributed by atoms with Crippen molar-refractivity contribution in [2.45, 2.75) is 19.4 Å². The first-order valence-corrected chi connectivity index (χ1v) is 5.61. The van der Waals surface area contributed by atoms with E-state index in [0.29, 0.717) is 19.5 Å². The van der Waals surface area contributed by atoms with Crippen molar-refractivity contribution in [2.75, 3.05) is 13.1 Å². The van der Waals surface area contributed by atoms with Gasteiger partial charge in [0.2, 0.25) is 0 Å². The molecule has 1 aromatic rings. The van der Waals surface area contributed by atoms with E-state index < -0.39 is 5.82 Å². The smallest absolute Gasteiger partial charge is 0.146 e. The summed E-state index contributed by atoms with van der Waals surface area (Å²) in [6.45, 7) is 1.94. The minimum atomic E-state index is -0.494. The molecule has 0 N–H and O–H groups in total. The predicted molar refractivity (Wildman–Crippen MR) is 60.6 cm³/mol. The second kappa shape index (κ2) is 5.07. The Bertz CT molecular complexity index is 479. The Balaban J connectivity index is 2.08. The molecule has 0 saturated carbocycles. The van der Waals surface area contributed by atoms with E-state index in [-0.39, 0.29) is 11.3 Å². The van der Waals surface area contributed by atoms with Crippen molar-refractivity contribution in [2.24, 2.45) is 0 Å². The van der Waals surface area contributed by atoms with Crippen LogP contribution in [0.1, 0.15) is 24.0 Å². The lowest BCUT2D eigenvalue weighted by molar-refractivity contribution is -0.122. The van der Waals surface area contributed by atoms with Gasteiger partial charge in [-0.15, -0.1) is 0 Å². The van der Waals surface area contributed by atoms with E-state index in [2.05, 4.69) is 0 Å². The van der Waals surface area contributed by atoms with Gasteiger partial charge in [-0.05, 0) is 30.7 Å². The molecule has 1 heterocycles. The SMILES string of the molecule is N#Cc1cc(CN2CCCC(=O)C2)ccc1F. The summed E-state index contributed by atoms with van der Waals surface area (Å²) in [6.07, 6.45) is 1.54. The summed E-state index contributed by atoms with van der Waals surface area (Å²) < 4.78 is 13.1. The topological polar surface area (TPSA) is 44.1 Å². The number of likely N-dealkylation sites (tertiary alicyclic amines) is 1. The van der Waals surface area contributed by atoms with Gasteiger partial charge in [-0.3, -0.25) is 9.69 Å². The van der Waals surface area contributed by atoms with Crippen molar-refractivity contribution in [3.8, 4) is 6.07 Å². The fourth-order valence-electron chi connectivity index (χ4n) is 2.06. The highest BCUT2D eigenvalue weighted by Gasteiger charge is 2.17. The molecule has 0 atom stereocenters. The second-order valence-corrected chi connectivity index (χ2v) is 4.28. The molecule has 0 spiro atoms. The van der Waals surface area contributed by atoms with Gasteiger partial charge in [-0.25, -0.2) is 4.39 Å². The van der Waals surface area contributed by atoms with Gasteiger partial charge in [0.05, 0.1) is 12.1 Å². The number of halogens is 1. The number of ketones is 1. The number of hydrogen-bond acceptors (Lipinski definition) is 3. The van der Waals surface area contributed by atoms with E-state index in [1.165, 1.54) is 6.07 Å². The zero-order chi connectivity index (χ0) is 12.3. The van der Waals surface area contributed by atoms with Crippen molar-refractivity contribution < 1.29 is 9.18 Å². The first kappa shape index (κ1) is 11.7. The molecular formula is C13H13FN2O. The van der Waals surface area contributed by atoms with Gasteiger partial charge in [0.25, 0.3) is 0 Å². The fraction of sp³-hybridized carbons (Fsp3) is 0.385. The summed E-state index contributed by atoms with van der Waals surface area (Å²) >= 11 is 0. The van der Waals surface area contributed by atoms with Crippen LogP contribution in [0.25, 0.3) is 0 Å². The van der Waals surface area contributed by atoms with Crippen LogP contribution < -0.4 is 0 Å². The summed E-state index contributed by atoms with van der Waals surface area (Å²) in [6, 6.07) is 6.34. The average molecular weight is 232 g/mol. The number of piperidine rings is 1. The molecule has 17 heavy (non-hydrogen) atoms. The zero-order valence-electron chi connectivity index (χ0n) is 9.45. The maximum Gasteiger partial charge on any atom is 0.146 e. The molecule has 0 bridgehead atoms. The normalized spacial score (nSPS) is 16.8. The van der Waals surface area contributed by atoms with Crippen LogP contribution in [0.5, 0.6) is 0 Å². The standard InChI is InChI=1S/C13H13FN2O/c14-13-4-3-10(6-11(13)7-15)8-16-5-1-2-12(17)9-16/h3-4,6H,1-2,5,8-9H2. The van der Waals surface area contributed by atoms with Crippen LogP contribution in [-0.4, -0.2) is 23.8 Å². The van der Waals surface area contributed by atoms with E-state index in [0.717, 1.165) is 18.5 Å². The zero-order valence-corrected chi connectivity index (χ0v) is 9.45. The predicted octanol–water partition coefficient (Wildman–Crippen LogP) is 1.86. The highest BCUT2D eigenvalue weighted by molar-refractivity contribution is 5.81. The van der Waals surface area contributed by atoms with Crippen LogP contribution in [0.15, 0.2) is 18.2 Å². The molecule has 2 rings (SSSR count). The maximum absolute atomic E-state index is 13.1. The molecule has 0 unspecified atom stereocenters. The van der Waals surface area contributed by atoms with E-state index in [1.54, 1.807) is 12.1 Å². The van der Waals surface area contributed by atoms with Gasteiger partial charge in [-0.1, -0.05) is 6.07 Å². The number of rotatable bonds is 2. The van der Waals surface area contributed by atoms with Crippen molar-refractivity contribution in [1.29, 1.82) is 5.26 Å². The second-order valence-electron chi connectivity index (χ2n) is 4.28. The quantitative estimate of drug-likeness (QED) is 0.781. The average Bonchev–Trinajstić information content (AvgIpc) is 2.32. The molecule has 0 amide bonds. The summed E-state index contributed by atoms with van der Waals surface area (Å²) in [7, 11) is 0. The summed E-state index contributed by atoms with van der Waals surface area (Å²) in [4.78, 5) is 13.3. The Morgan fingerprint density at radius 1 is 1.47 bits per heavy atom. The molecule has 0 radical (unpaired) electrons. The van der Waals surface area contributed by atoms with Crippen LogP contribution in [0.2, 0.25) is 0 Å². The molecule has 1 aliphatic heterocycles. The molecule has 0 aliphatic carbocycles. The highest BCUT2D eigenvalue weighted by Crippen LogP contribution is 2.14.